The van der Waals surface area contributed by atoms with Gasteiger partial charge in [0, 0.05) is 6.20 Å². The Kier molecular flexibility index (Phi) is 5.58. The number of hydrogen-bond donors (Lipinski definition) is 1. The summed E-state index contributed by atoms with van der Waals surface area (Å²) in [5.41, 5.74) is 4.15. The summed E-state index contributed by atoms with van der Waals surface area (Å²) < 4.78 is 0. The van der Waals surface area contributed by atoms with Crippen molar-refractivity contribution in [3.63, 3.8) is 0 Å². The summed E-state index contributed by atoms with van der Waals surface area (Å²) in [6, 6.07) is 16.8. The third-order valence-electron chi connectivity index (χ3n) is 5.43. The maximum Gasteiger partial charge on any atom is 0.251 e. The topological polar surface area (TPSA) is 32.3 Å². The van der Waals surface area contributed by atoms with Crippen LogP contribution in [0.4, 0.5) is 0 Å². The number of nitrogens with one attached hydrogen (secondary N) is 1. The van der Waals surface area contributed by atoms with Crippen molar-refractivity contribution in [2.45, 2.75) is 44.7 Å². The molecule has 1 aliphatic rings. The summed E-state index contributed by atoms with van der Waals surface area (Å²) in [6.07, 6.45) is 5.58. The fraction of sp³-hybridized carbons (Fsp3) is 0.348. The minimum atomic E-state index is -0.660. The summed E-state index contributed by atoms with van der Waals surface area (Å²) in [4.78, 5) is 15.2. The summed E-state index contributed by atoms with van der Waals surface area (Å²) >= 11 is 0. The Balaban J connectivity index is 1.83. The Bertz CT molecular complexity index is 781. The fourth-order valence-electron chi connectivity index (χ4n) is 3.96. The summed E-state index contributed by atoms with van der Waals surface area (Å²) in [5, 5.41) is 3.32. The lowest BCUT2D eigenvalue weighted by Crippen LogP contribution is -2.51. The minimum Gasteiger partial charge on any atom is -0.313 e. The first-order valence-electron chi connectivity index (χ1n) is 9.43. The van der Waals surface area contributed by atoms with E-state index in [0.717, 1.165) is 36.8 Å². The first-order chi connectivity index (χ1) is 12.6. The number of benzene rings is 2. The zero-order chi connectivity index (χ0) is 18.6. The zero-order valence-electron chi connectivity index (χ0n) is 15.8. The monoisotopic (exact) mass is 348 g/mol. The number of carbonyl (C=O) groups is 1. The third kappa shape index (κ3) is 3.32. The van der Waals surface area contributed by atoms with E-state index in [1.807, 2.05) is 19.2 Å². The number of amides is 1. The molecule has 0 bridgehead atoms. The molecule has 0 spiro atoms. The molecule has 1 N–H and O–H groups in total. The van der Waals surface area contributed by atoms with Gasteiger partial charge in [-0.15, -0.1) is 0 Å². The first kappa shape index (κ1) is 18.4. The molecule has 0 aliphatic heterocycles. The van der Waals surface area contributed by atoms with Gasteiger partial charge in [0.1, 0.15) is 5.54 Å². The van der Waals surface area contributed by atoms with Crippen LogP contribution in [0.25, 0.3) is 0 Å². The normalized spacial score (nSPS) is 18.4. The van der Waals surface area contributed by atoms with Gasteiger partial charge in [0.2, 0.25) is 0 Å². The highest BCUT2D eigenvalue weighted by molar-refractivity contribution is 5.89. The van der Waals surface area contributed by atoms with Crippen LogP contribution in [0.2, 0.25) is 0 Å². The summed E-state index contributed by atoms with van der Waals surface area (Å²) in [6.45, 7) is 6.62. The molecule has 3 rings (SSSR count). The van der Waals surface area contributed by atoms with Crippen molar-refractivity contribution in [1.29, 1.82) is 0 Å². The number of carbonyl (C=O) groups excluding carboxylic acids is 1. The quantitative estimate of drug-likeness (QED) is 0.814. The largest absolute Gasteiger partial charge is 0.313 e. The van der Waals surface area contributed by atoms with E-state index in [1.165, 1.54) is 11.1 Å². The molecule has 0 fully saturated rings. The SMILES string of the molecule is C=CN(Cc1ccc(CCC)cc1)C(=O)C1(NC)CCc2ccccc21. The fourth-order valence-corrected chi connectivity index (χ4v) is 3.96. The first-order valence-corrected chi connectivity index (χ1v) is 9.43. The molecule has 1 atom stereocenters. The second kappa shape index (κ2) is 7.88. The highest BCUT2D eigenvalue weighted by atomic mass is 16.2. The lowest BCUT2D eigenvalue weighted by molar-refractivity contribution is -0.136. The van der Waals surface area contributed by atoms with E-state index >= 15 is 0 Å². The minimum absolute atomic E-state index is 0.0672. The molecule has 0 saturated carbocycles. The van der Waals surface area contributed by atoms with E-state index < -0.39 is 5.54 Å². The highest BCUT2D eigenvalue weighted by Crippen LogP contribution is 2.38. The van der Waals surface area contributed by atoms with Gasteiger partial charge in [-0.3, -0.25) is 4.79 Å². The second-order valence-corrected chi connectivity index (χ2v) is 6.99. The van der Waals surface area contributed by atoms with E-state index in [0.29, 0.717) is 6.54 Å². The lowest BCUT2D eigenvalue weighted by Gasteiger charge is -2.33. The average molecular weight is 348 g/mol. The van der Waals surface area contributed by atoms with Crippen LogP contribution in [-0.4, -0.2) is 17.9 Å². The number of fused-ring (bicyclic) bond motifs is 1. The average Bonchev–Trinajstić information content (AvgIpc) is 3.07. The Morgan fingerprint density at radius 1 is 1.19 bits per heavy atom. The second-order valence-electron chi connectivity index (χ2n) is 6.99. The van der Waals surface area contributed by atoms with Crippen LogP contribution < -0.4 is 5.32 Å². The van der Waals surface area contributed by atoms with E-state index in [-0.39, 0.29) is 5.91 Å². The molecular weight excluding hydrogens is 320 g/mol. The van der Waals surface area contributed by atoms with Gasteiger partial charge in [-0.1, -0.05) is 68.5 Å². The number of aryl methyl sites for hydroxylation is 2. The van der Waals surface area contributed by atoms with Crippen LogP contribution in [-0.2, 0) is 29.7 Å². The van der Waals surface area contributed by atoms with E-state index in [4.69, 9.17) is 0 Å². The standard InChI is InChI=1S/C23H28N2O/c1-4-8-18-11-13-19(14-12-18)17-25(5-2)22(26)23(24-3)16-15-20-9-6-7-10-21(20)23/h5-7,9-14,24H,2,4,8,15-17H2,1,3H3. The van der Waals surface area contributed by atoms with Crippen molar-refractivity contribution in [2.24, 2.45) is 0 Å². The molecule has 136 valence electrons. The Hall–Kier alpha value is -2.39. The zero-order valence-corrected chi connectivity index (χ0v) is 15.8. The Morgan fingerprint density at radius 2 is 1.88 bits per heavy atom. The lowest BCUT2D eigenvalue weighted by atomic mass is 9.90. The van der Waals surface area contributed by atoms with E-state index in [2.05, 4.69) is 55.2 Å². The number of hydrogen-bond acceptors (Lipinski definition) is 2. The molecule has 0 aromatic heterocycles. The van der Waals surface area contributed by atoms with Gasteiger partial charge < -0.3 is 10.2 Å². The molecule has 1 unspecified atom stereocenters. The van der Waals surface area contributed by atoms with Crippen molar-refractivity contribution in [2.75, 3.05) is 7.05 Å². The van der Waals surface area contributed by atoms with Crippen molar-refractivity contribution in [3.05, 3.63) is 83.6 Å². The van der Waals surface area contributed by atoms with E-state index in [9.17, 15) is 4.79 Å². The smallest absolute Gasteiger partial charge is 0.251 e. The molecule has 0 radical (unpaired) electrons. The van der Waals surface area contributed by atoms with Crippen LogP contribution in [0.3, 0.4) is 0 Å². The van der Waals surface area contributed by atoms with Crippen molar-refractivity contribution in [1.82, 2.24) is 10.2 Å². The molecule has 3 heteroatoms. The predicted molar refractivity (Wildman–Crippen MR) is 107 cm³/mol. The Morgan fingerprint density at radius 3 is 2.54 bits per heavy atom. The van der Waals surface area contributed by atoms with Gasteiger partial charge in [-0.05, 0) is 48.6 Å². The Labute approximate surface area is 156 Å². The van der Waals surface area contributed by atoms with Crippen LogP contribution >= 0.6 is 0 Å². The molecular formula is C23H28N2O. The number of rotatable bonds is 7. The molecule has 1 aliphatic carbocycles. The van der Waals surface area contributed by atoms with Crippen molar-refractivity contribution < 1.29 is 4.79 Å². The van der Waals surface area contributed by atoms with Gasteiger partial charge in [0.15, 0.2) is 0 Å². The molecule has 0 heterocycles. The third-order valence-corrected chi connectivity index (χ3v) is 5.43. The van der Waals surface area contributed by atoms with Gasteiger partial charge in [0.25, 0.3) is 5.91 Å². The van der Waals surface area contributed by atoms with Gasteiger partial charge in [-0.2, -0.15) is 0 Å². The van der Waals surface area contributed by atoms with Crippen molar-refractivity contribution in [3.8, 4) is 0 Å². The van der Waals surface area contributed by atoms with Crippen LogP contribution in [0, 0.1) is 0 Å². The van der Waals surface area contributed by atoms with Gasteiger partial charge >= 0.3 is 0 Å². The number of nitrogens with zero attached hydrogens (tertiary/aromatic N) is 1. The molecule has 2 aromatic carbocycles. The summed E-state index contributed by atoms with van der Waals surface area (Å²) in [7, 11) is 1.88. The van der Waals surface area contributed by atoms with Crippen LogP contribution in [0.5, 0.6) is 0 Å². The van der Waals surface area contributed by atoms with Gasteiger partial charge in [0.05, 0.1) is 6.54 Å². The maximum absolute atomic E-state index is 13.5. The number of likely N-dealkylation sites (N-methyl/N-ethyl adjacent to an activating group) is 1. The van der Waals surface area contributed by atoms with Crippen LogP contribution in [0.1, 0.15) is 42.0 Å². The van der Waals surface area contributed by atoms with Crippen molar-refractivity contribution >= 4 is 5.91 Å². The predicted octanol–water partition coefficient (Wildman–Crippen LogP) is 4.17. The molecule has 0 saturated heterocycles. The van der Waals surface area contributed by atoms with Gasteiger partial charge in [-0.25, -0.2) is 0 Å². The van der Waals surface area contributed by atoms with E-state index in [1.54, 1.807) is 11.1 Å². The maximum atomic E-state index is 13.5. The molecule has 2 aromatic rings. The van der Waals surface area contributed by atoms with Crippen LogP contribution in [0.15, 0.2) is 61.3 Å². The molecule has 1 amide bonds. The molecule has 26 heavy (non-hydrogen) atoms. The highest BCUT2D eigenvalue weighted by Gasteiger charge is 2.45. The summed E-state index contributed by atoms with van der Waals surface area (Å²) in [5.74, 6) is 0.0672. The molecule has 3 nitrogen and oxygen atoms in total.